The van der Waals surface area contributed by atoms with Crippen LogP contribution >= 0.6 is 0 Å². The summed E-state index contributed by atoms with van der Waals surface area (Å²) >= 11 is 0. The van der Waals surface area contributed by atoms with Gasteiger partial charge in [-0.25, -0.2) is 0 Å². The predicted molar refractivity (Wildman–Crippen MR) is 58.9 cm³/mol. The molecule has 1 heterocycles. The molecule has 1 atom stereocenters. The van der Waals surface area contributed by atoms with Crippen molar-refractivity contribution in [3.05, 3.63) is 23.8 Å². The van der Waals surface area contributed by atoms with Crippen LogP contribution in [0.5, 0.6) is 11.5 Å². The first-order valence-corrected chi connectivity index (χ1v) is 5.23. The van der Waals surface area contributed by atoms with Crippen molar-refractivity contribution in [1.29, 1.82) is 0 Å². The molecule has 0 saturated carbocycles. The number of benzene rings is 1. The van der Waals surface area contributed by atoms with Crippen LogP contribution in [0.25, 0.3) is 0 Å². The number of ether oxygens (including phenoxy) is 4. The summed E-state index contributed by atoms with van der Waals surface area (Å²) in [6.45, 7) is 2.06. The third-order valence-corrected chi connectivity index (χ3v) is 2.42. The van der Waals surface area contributed by atoms with Gasteiger partial charge in [0.25, 0.3) is 0 Å². The van der Waals surface area contributed by atoms with Gasteiger partial charge in [-0.2, -0.15) is 0 Å². The minimum atomic E-state index is 0.306. The topological polar surface area (TPSA) is 40.2 Å². The standard InChI is InChI=1S/C12H16O4/c1-13-11-4-3-9(5-12(11)14-2)6-15-7-10-8-16-10/h3-5,10H,6-8H2,1-2H3/t10-/m0/s1. The lowest BCUT2D eigenvalue weighted by molar-refractivity contribution is 0.104. The minimum absolute atomic E-state index is 0.306. The van der Waals surface area contributed by atoms with Crippen molar-refractivity contribution in [3.8, 4) is 11.5 Å². The Morgan fingerprint density at radius 1 is 1.25 bits per heavy atom. The molecule has 1 fully saturated rings. The molecule has 0 radical (unpaired) electrons. The summed E-state index contributed by atoms with van der Waals surface area (Å²) in [6.07, 6.45) is 0.306. The molecule has 0 amide bonds. The van der Waals surface area contributed by atoms with E-state index in [0.29, 0.717) is 19.3 Å². The van der Waals surface area contributed by atoms with Crippen LogP contribution in [-0.2, 0) is 16.1 Å². The summed E-state index contributed by atoms with van der Waals surface area (Å²) in [5, 5.41) is 0. The quantitative estimate of drug-likeness (QED) is 0.688. The molecule has 1 aliphatic heterocycles. The van der Waals surface area contributed by atoms with Gasteiger partial charge >= 0.3 is 0 Å². The highest BCUT2D eigenvalue weighted by molar-refractivity contribution is 5.42. The molecule has 4 nitrogen and oxygen atoms in total. The lowest BCUT2D eigenvalue weighted by atomic mass is 10.2. The van der Waals surface area contributed by atoms with Crippen LogP contribution in [0.3, 0.4) is 0 Å². The van der Waals surface area contributed by atoms with Crippen molar-refractivity contribution in [2.45, 2.75) is 12.7 Å². The van der Waals surface area contributed by atoms with Gasteiger partial charge in [0.2, 0.25) is 0 Å². The van der Waals surface area contributed by atoms with Gasteiger partial charge in [0.05, 0.1) is 34.0 Å². The zero-order valence-electron chi connectivity index (χ0n) is 9.56. The van der Waals surface area contributed by atoms with Crippen LogP contribution in [0, 0.1) is 0 Å². The first-order chi connectivity index (χ1) is 7.83. The zero-order valence-corrected chi connectivity index (χ0v) is 9.56. The molecule has 1 aromatic rings. The van der Waals surface area contributed by atoms with Gasteiger partial charge in [-0.15, -0.1) is 0 Å². The van der Waals surface area contributed by atoms with Gasteiger partial charge in [-0.05, 0) is 17.7 Å². The van der Waals surface area contributed by atoms with E-state index in [1.807, 2.05) is 18.2 Å². The van der Waals surface area contributed by atoms with Crippen molar-refractivity contribution >= 4 is 0 Å². The molecule has 0 aromatic heterocycles. The van der Waals surface area contributed by atoms with Crippen LogP contribution in [0.1, 0.15) is 5.56 Å². The first kappa shape index (κ1) is 11.2. The number of epoxide rings is 1. The van der Waals surface area contributed by atoms with E-state index in [-0.39, 0.29) is 0 Å². The van der Waals surface area contributed by atoms with E-state index in [9.17, 15) is 0 Å². The molecule has 0 bridgehead atoms. The first-order valence-electron chi connectivity index (χ1n) is 5.23. The molecule has 1 aromatic carbocycles. The average molecular weight is 224 g/mol. The highest BCUT2D eigenvalue weighted by Gasteiger charge is 2.22. The van der Waals surface area contributed by atoms with E-state index in [4.69, 9.17) is 18.9 Å². The van der Waals surface area contributed by atoms with Crippen molar-refractivity contribution in [1.82, 2.24) is 0 Å². The second-order valence-corrected chi connectivity index (χ2v) is 3.66. The summed E-state index contributed by atoms with van der Waals surface area (Å²) in [7, 11) is 3.25. The van der Waals surface area contributed by atoms with Gasteiger partial charge in [0.1, 0.15) is 6.10 Å². The number of methoxy groups -OCH3 is 2. The summed E-state index contributed by atoms with van der Waals surface area (Å²) in [5.74, 6) is 1.46. The molecule has 0 N–H and O–H groups in total. The Morgan fingerprint density at radius 3 is 2.62 bits per heavy atom. The fourth-order valence-electron chi connectivity index (χ4n) is 1.44. The normalized spacial score (nSPS) is 18.2. The summed E-state index contributed by atoms with van der Waals surface area (Å²) in [5.41, 5.74) is 1.07. The Balaban J connectivity index is 1.92. The van der Waals surface area contributed by atoms with Crippen molar-refractivity contribution in [3.63, 3.8) is 0 Å². The largest absolute Gasteiger partial charge is 0.493 e. The van der Waals surface area contributed by atoms with Crippen LogP contribution in [0.15, 0.2) is 18.2 Å². The maximum atomic E-state index is 5.50. The molecule has 88 valence electrons. The molecule has 1 saturated heterocycles. The molecule has 0 spiro atoms. The van der Waals surface area contributed by atoms with Gasteiger partial charge in [0.15, 0.2) is 11.5 Å². The Hall–Kier alpha value is -1.26. The Bertz CT molecular complexity index is 347. The van der Waals surface area contributed by atoms with Crippen molar-refractivity contribution in [2.24, 2.45) is 0 Å². The van der Waals surface area contributed by atoms with Gasteiger partial charge in [0, 0.05) is 0 Å². The van der Waals surface area contributed by atoms with Crippen molar-refractivity contribution in [2.75, 3.05) is 27.4 Å². The van der Waals surface area contributed by atoms with E-state index in [1.165, 1.54) is 0 Å². The molecular weight excluding hydrogens is 208 g/mol. The maximum absolute atomic E-state index is 5.50. The van der Waals surface area contributed by atoms with E-state index in [0.717, 1.165) is 23.7 Å². The molecule has 2 rings (SSSR count). The number of rotatable bonds is 6. The summed E-state index contributed by atoms with van der Waals surface area (Å²) in [4.78, 5) is 0. The average Bonchev–Trinajstić information content (AvgIpc) is 3.13. The Morgan fingerprint density at radius 2 is 2.00 bits per heavy atom. The van der Waals surface area contributed by atoms with Gasteiger partial charge < -0.3 is 18.9 Å². The van der Waals surface area contributed by atoms with E-state index < -0.39 is 0 Å². The Kier molecular flexibility index (Phi) is 3.64. The summed E-state index contributed by atoms with van der Waals surface area (Å²) in [6, 6.07) is 5.77. The summed E-state index contributed by atoms with van der Waals surface area (Å²) < 4.78 is 20.9. The predicted octanol–water partition coefficient (Wildman–Crippen LogP) is 1.62. The molecule has 16 heavy (non-hydrogen) atoms. The SMILES string of the molecule is COc1ccc(COC[C@H]2CO2)cc1OC. The fourth-order valence-corrected chi connectivity index (χ4v) is 1.44. The van der Waals surface area contributed by atoms with Crippen LogP contribution in [0.4, 0.5) is 0 Å². The third-order valence-electron chi connectivity index (χ3n) is 2.42. The number of hydrogen-bond acceptors (Lipinski definition) is 4. The molecular formula is C12H16O4. The Labute approximate surface area is 95.1 Å². The van der Waals surface area contributed by atoms with Crippen molar-refractivity contribution < 1.29 is 18.9 Å². The molecule has 0 unspecified atom stereocenters. The van der Waals surface area contributed by atoms with E-state index in [2.05, 4.69) is 0 Å². The maximum Gasteiger partial charge on any atom is 0.161 e. The number of hydrogen-bond donors (Lipinski definition) is 0. The second kappa shape index (κ2) is 5.18. The van der Waals surface area contributed by atoms with Crippen LogP contribution in [-0.4, -0.2) is 33.5 Å². The zero-order chi connectivity index (χ0) is 11.4. The molecule has 1 aliphatic rings. The van der Waals surface area contributed by atoms with E-state index >= 15 is 0 Å². The molecule has 0 aliphatic carbocycles. The minimum Gasteiger partial charge on any atom is -0.493 e. The lowest BCUT2D eigenvalue weighted by Crippen LogP contribution is -2.01. The highest BCUT2D eigenvalue weighted by atomic mass is 16.6. The second-order valence-electron chi connectivity index (χ2n) is 3.66. The third kappa shape index (κ3) is 2.87. The lowest BCUT2D eigenvalue weighted by Gasteiger charge is -2.09. The smallest absolute Gasteiger partial charge is 0.161 e. The van der Waals surface area contributed by atoms with Crippen LogP contribution in [0.2, 0.25) is 0 Å². The van der Waals surface area contributed by atoms with Gasteiger partial charge in [-0.3, -0.25) is 0 Å². The van der Waals surface area contributed by atoms with Crippen LogP contribution < -0.4 is 9.47 Å². The van der Waals surface area contributed by atoms with E-state index in [1.54, 1.807) is 14.2 Å². The monoisotopic (exact) mass is 224 g/mol. The highest BCUT2D eigenvalue weighted by Crippen LogP contribution is 2.27. The molecule has 4 heteroatoms. The fraction of sp³-hybridized carbons (Fsp3) is 0.500. The van der Waals surface area contributed by atoms with Gasteiger partial charge in [-0.1, -0.05) is 6.07 Å².